The van der Waals surface area contributed by atoms with Crippen LogP contribution in [0.15, 0.2) is 36.4 Å². The summed E-state index contributed by atoms with van der Waals surface area (Å²) in [4.78, 5) is 26.7. The number of ether oxygens (including phenoxy) is 2. The number of hydrogen-bond acceptors (Lipinski definition) is 6. The van der Waals surface area contributed by atoms with Crippen LogP contribution in [-0.2, 0) is 19.4 Å². The van der Waals surface area contributed by atoms with E-state index in [2.05, 4.69) is 0 Å². The maximum atomic E-state index is 12.7. The van der Waals surface area contributed by atoms with E-state index < -0.39 is 27.8 Å². The van der Waals surface area contributed by atoms with Crippen LogP contribution in [0.1, 0.15) is 23.7 Å². The van der Waals surface area contributed by atoms with Crippen LogP contribution in [0.3, 0.4) is 0 Å². The number of carbonyl (C=O) groups is 2. The highest BCUT2D eigenvalue weighted by Crippen LogP contribution is 2.29. The van der Waals surface area contributed by atoms with E-state index in [1.165, 1.54) is 11.8 Å². The maximum absolute atomic E-state index is 12.7. The minimum Gasteiger partial charge on any atom is -0.496 e. The standard InChI is InChI=1S/C20H23NO6S/c1-13(19(22)21(2)14-10-11-28(24,25)12-14)27-20(23)17-8-9-18(26-3)16-7-5-4-6-15(16)17/h4-9,13-14H,10-12H2,1-3H3/t13-,14-/m1/s1. The van der Waals surface area contributed by atoms with E-state index in [-0.39, 0.29) is 17.5 Å². The SMILES string of the molecule is COc1ccc(C(=O)O[C@H](C)C(=O)N(C)[C@@H]2CCS(=O)(=O)C2)c2ccccc12. The monoisotopic (exact) mass is 405 g/mol. The van der Waals surface area contributed by atoms with E-state index in [0.29, 0.717) is 23.1 Å². The van der Waals surface area contributed by atoms with E-state index in [1.54, 1.807) is 38.4 Å². The van der Waals surface area contributed by atoms with Crippen molar-refractivity contribution < 1.29 is 27.5 Å². The van der Waals surface area contributed by atoms with Gasteiger partial charge in [0.25, 0.3) is 5.91 Å². The average molecular weight is 405 g/mol. The highest BCUT2D eigenvalue weighted by molar-refractivity contribution is 7.91. The number of sulfone groups is 1. The molecule has 1 amide bonds. The molecule has 0 aliphatic carbocycles. The molecule has 2 aromatic carbocycles. The first-order valence-electron chi connectivity index (χ1n) is 8.97. The number of likely N-dealkylation sites (N-methyl/N-ethyl adjacent to an activating group) is 1. The second kappa shape index (κ2) is 7.79. The molecule has 1 heterocycles. The van der Waals surface area contributed by atoms with Crippen molar-refractivity contribution in [3.8, 4) is 5.75 Å². The van der Waals surface area contributed by atoms with Crippen molar-refractivity contribution in [2.75, 3.05) is 25.7 Å². The number of benzene rings is 2. The van der Waals surface area contributed by atoms with Gasteiger partial charge in [-0.3, -0.25) is 4.79 Å². The van der Waals surface area contributed by atoms with E-state index in [0.717, 1.165) is 5.39 Å². The summed E-state index contributed by atoms with van der Waals surface area (Å²) >= 11 is 0. The molecule has 1 aliphatic rings. The summed E-state index contributed by atoms with van der Waals surface area (Å²) in [5, 5.41) is 1.44. The molecule has 1 saturated heterocycles. The van der Waals surface area contributed by atoms with Gasteiger partial charge in [0, 0.05) is 18.5 Å². The molecule has 0 unspecified atom stereocenters. The summed E-state index contributed by atoms with van der Waals surface area (Å²) < 4.78 is 34.0. The Kier molecular flexibility index (Phi) is 5.60. The number of hydrogen-bond donors (Lipinski definition) is 0. The minimum atomic E-state index is -3.11. The van der Waals surface area contributed by atoms with Crippen LogP contribution in [0.4, 0.5) is 0 Å². The molecule has 0 aromatic heterocycles. The van der Waals surface area contributed by atoms with Crippen molar-refractivity contribution >= 4 is 32.5 Å². The van der Waals surface area contributed by atoms with Gasteiger partial charge in [0.05, 0.1) is 24.2 Å². The summed E-state index contributed by atoms with van der Waals surface area (Å²) in [7, 11) is -0.0125. The van der Waals surface area contributed by atoms with Gasteiger partial charge in [0.15, 0.2) is 15.9 Å². The zero-order valence-corrected chi connectivity index (χ0v) is 16.9. The summed E-state index contributed by atoms with van der Waals surface area (Å²) in [5.41, 5.74) is 0.335. The third-order valence-corrected chi connectivity index (χ3v) is 6.81. The van der Waals surface area contributed by atoms with Gasteiger partial charge in [-0.2, -0.15) is 0 Å². The average Bonchev–Trinajstić information content (AvgIpc) is 3.05. The highest BCUT2D eigenvalue weighted by atomic mass is 32.2. The van der Waals surface area contributed by atoms with E-state index >= 15 is 0 Å². The molecule has 0 spiro atoms. The predicted octanol–water partition coefficient (Wildman–Crippen LogP) is 2.04. The second-order valence-electron chi connectivity index (χ2n) is 6.91. The summed E-state index contributed by atoms with van der Waals surface area (Å²) in [6, 6.07) is 10.2. The molecule has 8 heteroatoms. The summed E-state index contributed by atoms with van der Waals surface area (Å²) in [6.45, 7) is 1.49. The molecule has 2 aromatic rings. The number of carbonyl (C=O) groups excluding carboxylic acids is 2. The Bertz CT molecular complexity index is 1020. The van der Waals surface area contributed by atoms with Gasteiger partial charge in [-0.1, -0.05) is 24.3 Å². The lowest BCUT2D eigenvalue weighted by Gasteiger charge is -2.26. The Morgan fingerprint density at radius 2 is 1.82 bits per heavy atom. The minimum absolute atomic E-state index is 0.0565. The zero-order chi connectivity index (χ0) is 20.5. The van der Waals surface area contributed by atoms with Crippen LogP contribution >= 0.6 is 0 Å². The van der Waals surface area contributed by atoms with Crippen LogP contribution < -0.4 is 4.74 Å². The maximum Gasteiger partial charge on any atom is 0.339 e. The molecular weight excluding hydrogens is 382 g/mol. The molecular formula is C20H23NO6S. The lowest BCUT2D eigenvalue weighted by Crippen LogP contribution is -2.44. The number of rotatable bonds is 5. The molecule has 1 aliphatic heterocycles. The molecule has 2 atom stereocenters. The van der Waals surface area contributed by atoms with Crippen LogP contribution in [-0.4, -0.2) is 63.0 Å². The fourth-order valence-electron chi connectivity index (χ4n) is 3.45. The molecule has 7 nitrogen and oxygen atoms in total. The molecule has 0 bridgehead atoms. The smallest absolute Gasteiger partial charge is 0.339 e. The largest absolute Gasteiger partial charge is 0.496 e. The van der Waals surface area contributed by atoms with Gasteiger partial charge in [0.2, 0.25) is 0 Å². The normalized spacial score (nSPS) is 19.2. The van der Waals surface area contributed by atoms with Gasteiger partial charge in [-0.15, -0.1) is 0 Å². The number of nitrogens with zero attached hydrogens (tertiary/aromatic N) is 1. The van der Waals surface area contributed by atoms with Gasteiger partial charge >= 0.3 is 5.97 Å². The first-order valence-corrected chi connectivity index (χ1v) is 10.8. The molecule has 0 N–H and O–H groups in total. The Morgan fingerprint density at radius 1 is 1.14 bits per heavy atom. The van der Waals surface area contributed by atoms with Crippen LogP contribution in [0.5, 0.6) is 5.75 Å². The van der Waals surface area contributed by atoms with Gasteiger partial charge < -0.3 is 14.4 Å². The predicted molar refractivity (Wildman–Crippen MR) is 105 cm³/mol. The quantitative estimate of drug-likeness (QED) is 0.707. The van der Waals surface area contributed by atoms with E-state index in [1.807, 2.05) is 12.1 Å². The first-order chi connectivity index (χ1) is 13.2. The molecule has 28 heavy (non-hydrogen) atoms. The Labute approximate surface area is 164 Å². The Morgan fingerprint density at radius 3 is 2.43 bits per heavy atom. The number of amides is 1. The van der Waals surface area contributed by atoms with Crippen molar-refractivity contribution in [1.29, 1.82) is 0 Å². The van der Waals surface area contributed by atoms with Crippen LogP contribution in [0.25, 0.3) is 10.8 Å². The molecule has 0 saturated carbocycles. The lowest BCUT2D eigenvalue weighted by atomic mass is 10.0. The summed E-state index contributed by atoms with van der Waals surface area (Å²) in [5.74, 6) is -0.390. The van der Waals surface area contributed by atoms with Crippen molar-refractivity contribution in [3.63, 3.8) is 0 Å². The van der Waals surface area contributed by atoms with Crippen molar-refractivity contribution in [1.82, 2.24) is 4.90 Å². The number of esters is 1. The third-order valence-electron chi connectivity index (χ3n) is 5.06. The number of fused-ring (bicyclic) bond motifs is 1. The lowest BCUT2D eigenvalue weighted by molar-refractivity contribution is -0.140. The van der Waals surface area contributed by atoms with E-state index in [9.17, 15) is 18.0 Å². The molecule has 0 radical (unpaired) electrons. The topological polar surface area (TPSA) is 90.0 Å². The van der Waals surface area contributed by atoms with Crippen molar-refractivity contribution in [3.05, 3.63) is 42.0 Å². The summed E-state index contributed by atoms with van der Waals surface area (Å²) in [6.07, 6.45) is -0.629. The molecule has 150 valence electrons. The van der Waals surface area contributed by atoms with Crippen molar-refractivity contribution in [2.45, 2.75) is 25.5 Å². The fourth-order valence-corrected chi connectivity index (χ4v) is 5.22. The van der Waals surface area contributed by atoms with Gasteiger partial charge in [-0.05, 0) is 30.9 Å². The van der Waals surface area contributed by atoms with E-state index in [4.69, 9.17) is 9.47 Å². The Balaban J connectivity index is 1.76. The van der Waals surface area contributed by atoms with Gasteiger partial charge in [0.1, 0.15) is 5.75 Å². The van der Waals surface area contributed by atoms with Crippen LogP contribution in [0.2, 0.25) is 0 Å². The molecule has 1 fully saturated rings. The zero-order valence-electron chi connectivity index (χ0n) is 16.0. The van der Waals surface area contributed by atoms with Crippen LogP contribution in [0, 0.1) is 0 Å². The van der Waals surface area contributed by atoms with Crippen molar-refractivity contribution in [2.24, 2.45) is 0 Å². The third kappa shape index (κ3) is 3.96. The first kappa shape index (κ1) is 20.1. The number of methoxy groups -OCH3 is 1. The highest BCUT2D eigenvalue weighted by Gasteiger charge is 2.35. The van der Waals surface area contributed by atoms with Gasteiger partial charge in [-0.25, -0.2) is 13.2 Å². The second-order valence-corrected chi connectivity index (χ2v) is 9.14. The Hall–Kier alpha value is -2.61. The molecule has 3 rings (SSSR count). The fraction of sp³-hybridized carbons (Fsp3) is 0.400.